The van der Waals surface area contributed by atoms with Crippen LogP contribution in [-0.4, -0.2) is 25.2 Å². The average Bonchev–Trinajstić information content (AvgIpc) is 2.60. The van der Waals surface area contributed by atoms with E-state index in [1.807, 2.05) is 27.7 Å². The van der Waals surface area contributed by atoms with Crippen LogP contribution in [-0.2, 0) is 19.1 Å². The maximum absolute atomic E-state index is 12.5. The Morgan fingerprint density at radius 2 is 1.24 bits per heavy atom. The number of carbonyl (C=O) groups is 2. The minimum atomic E-state index is -1.14. The summed E-state index contributed by atoms with van der Waals surface area (Å²) in [6, 6.07) is 0. The van der Waals surface area contributed by atoms with Crippen molar-refractivity contribution in [3.05, 3.63) is 0 Å². The molecule has 0 aromatic heterocycles. The van der Waals surface area contributed by atoms with Crippen LogP contribution in [0.1, 0.15) is 98.8 Å². The van der Waals surface area contributed by atoms with Crippen LogP contribution >= 0.6 is 0 Å². The summed E-state index contributed by atoms with van der Waals surface area (Å²) in [6.45, 7) is 10.6. The third kappa shape index (κ3) is 9.27. The van der Waals surface area contributed by atoms with Crippen molar-refractivity contribution in [2.24, 2.45) is 11.3 Å². The Kier molecular flexibility index (Phi) is 13.5. The molecule has 0 spiro atoms. The van der Waals surface area contributed by atoms with Crippen molar-refractivity contribution >= 4 is 11.9 Å². The second-order valence-electron chi connectivity index (χ2n) is 7.39. The van der Waals surface area contributed by atoms with E-state index >= 15 is 0 Å². The molecule has 0 rings (SSSR count). The van der Waals surface area contributed by atoms with Crippen LogP contribution in [0.4, 0.5) is 0 Å². The summed E-state index contributed by atoms with van der Waals surface area (Å²) in [6.07, 6.45) is 10.4. The summed E-state index contributed by atoms with van der Waals surface area (Å²) in [7, 11) is 0. The molecule has 4 heteroatoms. The van der Waals surface area contributed by atoms with Crippen LogP contribution < -0.4 is 0 Å². The van der Waals surface area contributed by atoms with Crippen molar-refractivity contribution in [1.82, 2.24) is 0 Å². The molecule has 0 N–H and O–H groups in total. The van der Waals surface area contributed by atoms with Crippen molar-refractivity contribution in [3.8, 4) is 0 Å². The number of rotatable bonds is 15. The van der Waals surface area contributed by atoms with Gasteiger partial charge >= 0.3 is 11.9 Å². The highest BCUT2D eigenvalue weighted by molar-refractivity contribution is 5.99. The molecular weight excluding hydrogens is 316 g/mol. The zero-order chi connectivity index (χ0) is 19.1. The van der Waals surface area contributed by atoms with Gasteiger partial charge in [0.25, 0.3) is 0 Å². The van der Waals surface area contributed by atoms with Gasteiger partial charge in [0, 0.05) is 0 Å². The number of ether oxygens (including phenoxy) is 2. The molecule has 4 nitrogen and oxygen atoms in total. The van der Waals surface area contributed by atoms with E-state index in [9.17, 15) is 9.59 Å². The van der Waals surface area contributed by atoms with E-state index in [0.717, 1.165) is 12.8 Å². The first-order valence-electron chi connectivity index (χ1n) is 10.3. The van der Waals surface area contributed by atoms with Crippen LogP contribution in [0.5, 0.6) is 0 Å². The van der Waals surface area contributed by atoms with E-state index in [-0.39, 0.29) is 5.92 Å². The fourth-order valence-corrected chi connectivity index (χ4v) is 2.83. The van der Waals surface area contributed by atoms with E-state index < -0.39 is 17.4 Å². The Bertz CT molecular complexity index is 359. The molecule has 0 aromatic carbocycles. The predicted octanol–water partition coefficient (Wildman–Crippen LogP) is 5.68. The Labute approximate surface area is 155 Å². The summed E-state index contributed by atoms with van der Waals surface area (Å²) in [5.41, 5.74) is -1.14. The molecule has 0 aliphatic rings. The fraction of sp³-hybridized carbons (Fsp3) is 0.905. The van der Waals surface area contributed by atoms with Crippen molar-refractivity contribution in [2.45, 2.75) is 98.8 Å². The zero-order valence-electron chi connectivity index (χ0n) is 17.2. The maximum Gasteiger partial charge on any atom is 0.323 e. The highest BCUT2D eigenvalue weighted by Crippen LogP contribution is 2.30. The minimum Gasteiger partial charge on any atom is -0.465 e. The smallest absolute Gasteiger partial charge is 0.323 e. The third-order valence-electron chi connectivity index (χ3n) is 4.77. The molecule has 0 radical (unpaired) electrons. The van der Waals surface area contributed by atoms with Gasteiger partial charge in [-0.05, 0) is 25.2 Å². The number of hydrogen-bond acceptors (Lipinski definition) is 4. The lowest BCUT2D eigenvalue weighted by Gasteiger charge is -2.27. The number of unbranched alkanes of at least 4 members (excludes halogenated alkanes) is 7. The first-order valence-corrected chi connectivity index (χ1v) is 10.3. The van der Waals surface area contributed by atoms with Crippen molar-refractivity contribution in [2.75, 3.05) is 13.2 Å². The molecule has 0 unspecified atom stereocenters. The van der Waals surface area contributed by atoms with Gasteiger partial charge < -0.3 is 9.47 Å². The Hall–Kier alpha value is -1.06. The van der Waals surface area contributed by atoms with E-state index in [1.165, 1.54) is 38.5 Å². The van der Waals surface area contributed by atoms with Gasteiger partial charge in [-0.1, -0.05) is 79.6 Å². The zero-order valence-corrected chi connectivity index (χ0v) is 17.2. The lowest BCUT2D eigenvalue weighted by molar-refractivity contribution is -0.174. The van der Waals surface area contributed by atoms with Gasteiger partial charge in [0.15, 0.2) is 5.41 Å². The average molecular weight is 357 g/mol. The van der Waals surface area contributed by atoms with Gasteiger partial charge in [0.2, 0.25) is 0 Å². The van der Waals surface area contributed by atoms with Crippen LogP contribution in [0.15, 0.2) is 0 Å². The normalized spacial score (nSPS) is 11.6. The van der Waals surface area contributed by atoms with Crippen molar-refractivity contribution < 1.29 is 19.1 Å². The quantitative estimate of drug-likeness (QED) is 0.215. The van der Waals surface area contributed by atoms with E-state index in [0.29, 0.717) is 26.1 Å². The SMILES string of the molecule is CCCCCCCCCCOC(=O)C(CC)(CC)C(=O)OCC(C)C. The molecule has 0 aliphatic carbocycles. The van der Waals surface area contributed by atoms with Crippen LogP contribution in [0.3, 0.4) is 0 Å². The number of hydrogen-bond donors (Lipinski definition) is 0. The Morgan fingerprint density at radius 1 is 0.760 bits per heavy atom. The monoisotopic (exact) mass is 356 g/mol. The standard InChI is InChI=1S/C21H40O4/c1-6-9-10-11-12-13-14-15-16-24-19(22)21(7-2,8-3)20(23)25-17-18(4)5/h18H,6-17H2,1-5H3. The molecule has 25 heavy (non-hydrogen) atoms. The van der Waals surface area contributed by atoms with Gasteiger partial charge in [-0.25, -0.2) is 0 Å². The summed E-state index contributed by atoms with van der Waals surface area (Å²) in [5.74, 6) is -0.606. The van der Waals surface area contributed by atoms with E-state index in [2.05, 4.69) is 6.92 Å². The number of carbonyl (C=O) groups excluding carboxylic acids is 2. The Morgan fingerprint density at radius 3 is 1.72 bits per heavy atom. The molecular formula is C21H40O4. The predicted molar refractivity (Wildman–Crippen MR) is 102 cm³/mol. The molecule has 0 saturated carbocycles. The third-order valence-corrected chi connectivity index (χ3v) is 4.77. The first kappa shape index (κ1) is 23.9. The van der Waals surface area contributed by atoms with Crippen LogP contribution in [0, 0.1) is 11.3 Å². The first-order chi connectivity index (χ1) is 11.9. The summed E-state index contributed by atoms with van der Waals surface area (Å²) in [5, 5.41) is 0. The molecule has 0 atom stereocenters. The summed E-state index contributed by atoms with van der Waals surface area (Å²) < 4.78 is 10.7. The largest absolute Gasteiger partial charge is 0.465 e. The van der Waals surface area contributed by atoms with E-state index in [1.54, 1.807) is 0 Å². The van der Waals surface area contributed by atoms with Gasteiger partial charge in [0.05, 0.1) is 13.2 Å². The van der Waals surface area contributed by atoms with Crippen molar-refractivity contribution in [3.63, 3.8) is 0 Å². The van der Waals surface area contributed by atoms with E-state index in [4.69, 9.17) is 9.47 Å². The minimum absolute atomic E-state index is 0.253. The molecule has 0 aromatic rings. The van der Waals surface area contributed by atoms with Crippen molar-refractivity contribution in [1.29, 1.82) is 0 Å². The molecule has 0 fully saturated rings. The Balaban J connectivity index is 4.18. The fourth-order valence-electron chi connectivity index (χ4n) is 2.83. The van der Waals surface area contributed by atoms with Gasteiger partial charge in [-0.15, -0.1) is 0 Å². The summed E-state index contributed by atoms with van der Waals surface area (Å²) >= 11 is 0. The lowest BCUT2D eigenvalue weighted by Crippen LogP contribution is -2.41. The van der Waals surface area contributed by atoms with Gasteiger partial charge in [0.1, 0.15) is 0 Å². The molecule has 0 amide bonds. The second kappa shape index (κ2) is 14.1. The molecule has 148 valence electrons. The second-order valence-corrected chi connectivity index (χ2v) is 7.39. The molecule has 0 saturated heterocycles. The molecule has 0 aliphatic heterocycles. The topological polar surface area (TPSA) is 52.6 Å². The lowest BCUT2D eigenvalue weighted by atomic mass is 9.82. The van der Waals surface area contributed by atoms with Gasteiger partial charge in [-0.3, -0.25) is 9.59 Å². The molecule has 0 heterocycles. The van der Waals surface area contributed by atoms with Crippen LogP contribution in [0.2, 0.25) is 0 Å². The molecule has 0 bridgehead atoms. The number of esters is 2. The van der Waals surface area contributed by atoms with Gasteiger partial charge in [-0.2, -0.15) is 0 Å². The van der Waals surface area contributed by atoms with Crippen LogP contribution in [0.25, 0.3) is 0 Å². The highest BCUT2D eigenvalue weighted by Gasteiger charge is 2.45. The maximum atomic E-state index is 12.5. The summed E-state index contributed by atoms with van der Waals surface area (Å²) in [4.78, 5) is 24.9. The highest BCUT2D eigenvalue weighted by atomic mass is 16.6.